The Morgan fingerprint density at radius 3 is 0.847 bits per heavy atom. The molecule has 344 valence electrons. The van der Waals surface area contributed by atoms with Crippen LogP contribution in [0.1, 0.15) is 265 Å². The molecule has 0 aromatic rings. The van der Waals surface area contributed by atoms with Crippen molar-refractivity contribution in [1.29, 1.82) is 0 Å². The van der Waals surface area contributed by atoms with Gasteiger partial charge in [0.05, 0.1) is 0 Å². The number of hydrogen-bond acceptors (Lipinski definition) is 6. The predicted molar refractivity (Wildman–Crippen MR) is 252 cm³/mol. The molecule has 6 heteroatoms. The third kappa shape index (κ3) is 46.5. The van der Waals surface area contributed by atoms with Crippen LogP contribution < -0.4 is 0 Å². The number of unbranched alkanes of at least 4 members (excludes halogenated alkanes) is 29. The smallest absolute Gasteiger partial charge is 0.306 e. The first-order valence-electron chi connectivity index (χ1n) is 25.5. The minimum Gasteiger partial charge on any atom is -0.462 e. The highest BCUT2D eigenvalue weighted by Crippen LogP contribution is 2.14. The fourth-order valence-electron chi connectivity index (χ4n) is 7.19. The number of hydrogen-bond donors (Lipinski definition) is 0. The lowest BCUT2D eigenvalue weighted by molar-refractivity contribution is -0.167. The van der Waals surface area contributed by atoms with Gasteiger partial charge in [-0.05, 0) is 96.3 Å². The first-order valence-corrected chi connectivity index (χ1v) is 25.5. The zero-order chi connectivity index (χ0) is 43.0. The second-order valence-corrected chi connectivity index (χ2v) is 17.1. The lowest BCUT2D eigenvalue weighted by atomic mass is 10.1. The van der Waals surface area contributed by atoms with Crippen LogP contribution >= 0.6 is 0 Å². The summed E-state index contributed by atoms with van der Waals surface area (Å²) in [6, 6.07) is 0. The van der Waals surface area contributed by atoms with E-state index in [1.807, 2.05) is 0 Å². The van der Waals surface area contributed by atoms with Crippen LogP contribution in [0, 0.1) is 0 Å². The zero-order valence-corrected chi connectivity index (χ0v) is 39.3. The van der Waals surface area contributed by atoms with Gasteiger partial charge in [0.15, 0.2) is 6.10 Å². The molecule has 6 nitrogen and oxygen atoms in total. The first kappa shape index (κ1) is 56.6. The van der Waals surface area contributed by atoms with Crippen molar-refractivity contribution in [1.82, 2.24) is 0 Å². The highest BCUT2D eigenvalue weighted by Gasteiger charge is 2.19. The zero-order valence-electron chi connectivity index (χ0n) is 39.3. The normalized spacial score (nSPS) is 12.3. The van der Waals surface area contributed by atoms with E-state index in [4.69, 9.17) is 14.2 Å². The lowest BCUT2D eigenvalue weighted by Crippen LogP contribution is -2.30. The van der Waals surface area contributed by atoms with E-state index in [2.05, 4.69) is 57.2 Å². The van der Waals surface area contributed by atoms with Gasteiger partial charge in [-0.2, -0.15) is 0 Å². The molecule has 0 saturated heterocycles. The van der Waals surface area contributed by atoms with Crippen LogP contribution in [0.4, 0.5) is 0 Å². The van der Waals surface area contributed by atoms with E-state index in [0.717, 1.165) is 77.0 Å². The summed E-state index contributed by atoms with van der Waals surface area (Å²) in [6.45, 7) is 6.59. The predicted octanol–water partition coefficient (Wildman–Crippen LogP) is 16.5. The molecule has 1 unspecified atom stereocenters. The Morgan fingerprint density at radius 2 is 0.559 bits per heavy atom. The molecule has 59 heavy (non-hydrogen) atoms. The molecule has 0 saturated carbocycles. The van der Waals surface area contributed by atoms with Gasteiger partial charge in [-0.25, -0.2) is 0 Å². The van der Waals surface area contributed by atoms with Gasteiger partial charge in [0.25, 0.3) is 0 Å². The third-order valence-corrected chi connectivity index (χ3v) is 11.1. The molecule has 0 heterocycles. The van der Waals surface area contributed by atoms with Crippen molar-refractivity contribution in [2.75, 3.05) is 13.2 Å². The third-order valence-electron chi connectivity index (χ3n) is 11.1. The molecule has 0 bridgehead atoms. The van der Waals surface area contributed by atoms with Crippen molar-refractivity contribution < 1.29 is 28.6 Å². The number of ether oxygens (including phenoxy) is 3. The molecule has 0 spiro atoms. The Bertz CT molecular complexity index is 1000. The van der Waals surface area contributed by atoms with Crippen LogP contribution in [0.25, 0.3) is 0 Å². The lowest BCUT2D eigenvalue weighted by Gasteiger charge is -2.18. The van der Waals surface area contributed by atoms with Crippen LogP contribution in [0.3, 0.4) is 0 Å². The van der Waals surface area contributed by atoms with E-state index in [0.29, 0.717) is 19.3 Å². The van der Waals surface area contributed by atoms with Crippen LogP contribution in [0.15, 0.2) is 36.5 Å². The van der Waals surface area contributed by atoms with Crippen molar-refractivity contribution >= 4 is 17.9 Å². The van der Waals surface area contributed by atoms with Crippen molar-refractivity contribution in [2.24, 2.45) is 0 Å². The molecule has 0 amide bonds. The maximum absolute atomic E-state index is 12.8. The van der Waals surface area contributed by atoms with Gasteiger partial charge in [-0.3, -0.25) is 14.4 Å². The molecule has 0 radical (unpaired) electrons. The molecule has 0 aliphatic rings. The van der Waals surface area contributed by atoms with Gasteiger partial charge in [0.2, 0.25) is 0 Å². The molecule has 0 rings (SSSR count). The molecular weight excluding hydrogens is 733 g/mol. The number of carbonyl (C=O) groups excluding carboxylic acids is 3. The van der Waals surface area contributed by atoms with E-state index in [1.54, 1.807) is 0 Å². The monoisotopic (exact) mass is 829 g/mol. The number of esters is 3. The second-order valence-electron chi connectivity index (χ2n) is 17.1. The first-order chi connectivity index (χ1) is 29.0. The maximum atomic E-state index is 12.8. The minimum absolute atomic E-state index is 0.0790. The van der Waals surface area contributed by atoms with Crippen LogP contribution in [0.5, 0.6) is 0 Å². The molecule has 0 N–H and O–H groups in total. The molecule has 0 aliphatic heterocycles. The molecule has 0 aliphatic carbocycles. The maximum Gasteiger partial charge on any atom is 0.306 e. The summed E-state index contributed by atoms with van der Waals surface area (Å²) < 4.78 is 16.8. The molecule has 0 fully saturated rings. The number of allylic oxidation sites excluding steroid dienone is 6. The van der Waals surface area contributed by atoms with Gasteiger partial charge in [0, 0.05) is 19.3 Å². The Balaban J connectivity index is 4.38. The number of rotatable bonds is 46. The van der Waals surface area contributed by atoms with E-state index in [9.17, 15) is 14.4 Å². The van der Waals surface area contributed by atoms with Crippen molar-refractivity contribution in [3.8, 4) is 0 Å². The Labute approximate surface area is 365 Å². The van der Waals surface area contributed by atoms with Crippen LogP contribution in [0.2, 0.25) is 0 Å². The fraction of sp³-hybridized carbons (Fsp3) is 0.830. The largest absolute Gasteiger partial charge is 0.462 e. The van der Waals surface area contributed by atoms with E-state index in [-0.39, 0.29) is 31.1 Å². The van der Waals surface area contributed by atoms with E-state index < -0.39 is 6.10 Å². The van der Waals surface area contributed by atoms with Gasteiger partial charge in [0.1, 0.15) is 13.2 Å². The summed E-state index contributed by atoms with van der Waals surface area (Å²) in [5, 5.41) is 0. The topological polar surface area (TPSA) is 78.9 Å². The Kier molecular flexibility index (Phi) is 46.4. The average molecular weight is 829 g/mol. The fourth-order valence-corrected chi connectivity index (χ4v) is 7.19. The molecule has 0 aromatic carbocycles. The van der Waals surface area contributed by atoms with Crippen molar-refractivity contribution in [2.45, 2.75) is 271 Å². The average Bonchev–Trinajstić information content (AvgIpc) is 3.23. The minimum atomic E-state index is -0.778. The summed E-state index contributed by atoms with van der Waals surface area (Å²) in [7, 11) is 0. The summed E-state index contributed by atoms with van der Waals surface area (Å²) in [5.41, 5.74) is 0. The standard InChI is InChI=1S/C53H96O6/c1-4-7-10-13-16-19-22-25-26-29-31-34-37-40-43-46-52(55)58-49-50(59-53(56)47-44-41-38-35-32-28-24-21-18-15-12-9-6-3)48-57-51(54)45-42-39-36-33-30-27-23-20-17-14-11-8-5-2/h19-24,50H,4-18,25-49H2,1-3H3. The van der Waals surface area contributed by atoms with Gasteiger partial charge < -0.3 is 14.2 Å². The Hall–Kier alpha value is -2.37. The number of carbonyl (C=O) groups is 3. The van der Waals surface area contributed by atoms with Crippen LogP contribution in [-0.2, 0) is 28.6 Å². The Morgan fingerprint density at radius 1 is 0.322 bits per heavy atom. The highest BCUT2D eigenvalue weighted by atomic mass is 16.6. The van der Waals surface area contributed by atoms with Crippen molar-refractivity contribution in [3.05, 3.63) is 36.5 Å². The molecule has 0 aromatic heterocycles. The van der Waals surface area contributed by atoms with Crippen LogP contribution in [-0.4, -0.2) is 37.2 Å². The SMILES string of the molecule is CCCCCCC=CCCCCCCCCCC(=O)OCC(COC(=O)CCCCCCCC=CCCCCCC)OC(=O)CCCCCCCC=CCCCCCC. The summed E-state index contributed by atoms with van der Waals surface area (Å²) >= 11 is 0. The summed E-state index contributed by atoms with van der Waals surface area (Å²) in [6.07, 6.45) is 55.5. The molecule has 1 atom stereocenters. The van der Waals surface area contributed by atoms with Gasteiger partial charge >= 0.3 is 17.9 Å². The van der Waals surface area contributed by atoms with Gasteiger partial charge in [-0.15, -0.1) is 0 Å². The molecular formula is C53H96O6. The highest BCUT2D eigenvalue weighted by molar-refractivity contribution is 5.71. The summed E-state index contributed by atoms with van der Waals surface area (Å²) in [5.74, 6) is -0.894. The van der Waals surface area contributed by atoms with Gasteiger partial charge in [-0.1, -0.05) is 186 Å². The quantitative estimate of drug-likeness (QED) is 0.0263. The van der Waals surface area contributed by atoms with Crippen molar-refractivity contribution in [3.63, 3.8) is 0 Å². The van der Waals surface area contributed by atoms with E-state index >= 15 is 0 Å². The van der Waals surface area contributed by atoms with E-state index in [1.165, 1.54) is 148 Å². The second kappa shape index (κ2) is 48.3. The summed E-state index contributed by atoms with van der Waals surface area (Å²) in [4.78, 5) is 37.9.